The maximum atomic E-state index is 11.7. The summed E-state index contributed by atoms with van der Waals surface area (Å²) in [4.78, 5) is 22.6. The first kappa shape index (κ1) is 11.1. The lowest BCUT2D eigenvalue weighted by atomic mass is 10.1. The molecule has 0 aliphatic carbocycles. The molecule has 0 aromatic carbocycles. The second-order valence-corrected chi connectivity index (χ2v) is 4.08. The summed E-state index contributed by atoms with van der Waals surface area (Å²) in [5.41, 5.74) is 5.54. The van der Waals surface area contributed by atoms with E-state index in [1.165, 1.54) is 6.42 Å². The third kappa shape index (κ3) is 2.79. The minimum atomic E-state index is -0.193. The van der Waals surface area contributed by atoms with Gasteiger partial charge in [-0.2, -0.15) is 5.10 Å². The summed E-state index contributed by atoms with van der Waals surface area (Å²) in [5, 5.41) is 5.68. The lowest BCUT2D eigenvalue weighted by Crippen LogP contribution is -2.48. The van der Waals surface area contributed by atoms with Crippen molar-refractivity contribution < 1.29 is 9.59 Å². The summed E-state index contributed by atoms with van der Waals surface area (Å²) in [6.45, 7) is 1.79. The highest BCUT2D eigenvalue weighted by atomic mass is 16.2. The number of hydrogen-bond donors (Lipinski definition) is 2. The summed E-state index contributed by atoms with van der Waals surface area (Å²) in [6.07, 6.45) is 4.22. The highest BCUT2D eigenvalue weighted by Crippen LogP contribution is 2.06. The van der Waals surface area contributed by atoms with Gasteiger partial charge in [0.2, 0.25) is 5.91 Å². The smallest absolute Gasteiger partial charge is 0.281 e. The molecule has 2 aliphatic rings. The zero-order chi connectivity index (χ0) is 11.4. The van der Waals surface area contributed by atoms with Crippen LogP contribution in [0.1, 0.15) is 32.1 Å². The van der Waals surface area contributed by atoms with Gasteiger partial charge in [-0.15, -0.1) is 0 Å². The Kier molecular flexibility index (Phi) is 3.51. The maximum Gasteiger partial charge on any atom is 0.281 e. The van der Waals surface area contributed by atoms with Crippen molar-refractivity contribution in [2.24, 2.45) is 5.10 Å². The number of carbonyl (C=O) groups is 2. The quantitative estimate of drug-likeness (QED) is 0.680. The molecule has 0 spiro atoms. The van der Waals surface area contributed by atoms with E-state index >= 15 is 0 Å². The highest BCUT2D eigenvalue weighted by molar-refractivity contribution is 6.39. The van der Waals surface area contributed by atoms with Crippen molar-refractivity contribution in [1.82, 2.24) is 15.9 Å². The molecule has 0 bridgehead atoms. The van der Waals surface area contributed by atoms with E-state index in [0.29, 0.717) is 18.6 Å². The Morgan fingerprint density at radius 3 is 2.62 bits per heavy atom. The molecule has 88 valence electrons. The van der Waals surface area contributed by atoms with Crippen LogP contribution in [0.4, 0.5) is 0 Å². The van der Waals surface area contributed by atoms with Crippen molar-refractivity contribution in [2.45, 2.75) is 32.1 Å². The number of carbonyl (C=O) groups excluding carboxylic acids is 2. The average molecular weight is 224 g/mol. The van der Waals surface area contributed by atoms with Gasteiger partial charge in [0.15, 0.2) is 0 Å². The van der Waals surface area contributed by atoms with E-state index in [1.807, 2.05) is 5.01 Å². The van der Waals surface area contributed by atoms with Crippen LogP contribution in [0.5, 0.6) is 0 Å². The first-order valence-electron chi connectivity index (χ1n) is 5.67. The van der Waals surface area contributed by atoms with E-state index in [9.17, 15) is 9.59 Å². The number of nitrogens with zero attached hydrogens (tertiary/aromatic N) is 2. The van der Waals surface area contributed by atoms with Gasteiger partial charge >= 0.3 is 0 Å². The molecule has 0 aromatic rings. The molecule has 2 amide bonds. The van der Waals surface area contributed by atoms with Gasteiger partial charge in [-0.3, -0.25) is 15.0 Å². The SMILES string of the molecule is O=C1CCC(C(=O)NN2CCCCC2)=NN1. The van der Waals surface area contributed by atoms with Crippen molar-refractivity contribution in [3.63, 3.8) is 0 Å². The average Bonchev–Trinajstić information content (AvgIpc) is 2.31. The Bertz CT molecular complexity index is 321. The summed E-state index contributed by atoms with van der Waals surface area (Å²) in [6, 6.07) is 0. The summed E-state index contributed by atoms with van der Waals surface area (Å²) < 4.78 is 0. The zero-order valence-electron chi connectivity index (χ0n) is 9.16. The van der Waals surface area contributed by atoms with E-state index in [2.05, 4.69) is 16.0 Å². The van der Waals surface area contributed by atoms with E-state index < -0.39 is 0 Å². The van der Waals surface area contributed by atoms with Crippen LogP contribution >= 0.6 is 0 Å². The standard InChI is InChI=1S/C10H16N4O2/c15-9-5-4-8(11-12-9)10(16)13-14-6-2-1-3-7-14/h1-7H2,(H,12,15)(H,13,16). The van der Waals surface area contributed by atoms with Gasteiger partial charge in [-0.1, -0.05) is 6.42 Å². The molecule has 6 nitrogen and oxygen atoms in total. The molecule has 6 heteroatoms. The van der Waals surface area contributed by atoms with Crippen molar-refractivity contribution in [3.05, 3.63) is 0 Å². The first-order valence-corrected chi connectivity index (χ1v) is 5.67. The van der Waals surface area contributed by atoms with E-state index in [1.54, 1.807) is 0 Å². The van der Waals surface area contributed by atoms with Crippen molar-refractivity contribution in [2.75, 3.05) is 13.1 Å². The largest absolute Gasteiger partial charge is 0.284 e. The number of amides is 2. The molecule has 2 heterocycles. The van der Waals surface area contributed by atoms with Crippen molar-refractivity contribution in [1.29, 1.82) is 0 Å². The van der Waals surface area contributed by atoms with Gasteiger partial charge in [0.25, 0.3) is 5.91 Å². The Labute approximate surface area is 94.0 Å². The zero-order valence-corrected chi connectivity index (χ0v) is 9.16. The van der Waals surface area contributed by atoms with Gasteiger partial charge in [0.05, 0.1) is 0 Å². The molecule has 2 rings (SSSR count). The van der Waals surface area contributed by atoms with Crippen molar-refractivity contribution in [3.8, 4) is 0 Å². The number of piperidine rings is 1. The monoisotopic (exact) mass is 224 g/mol. The molecule has 0 saturated carbocycles. The third-order valence-electron chi connectivity index (χ3n) is 2.78. The summed E-state index contributed by atoms with van der Waals surface area (Å²) in [5.74, 6) is -0.323. The third-order valence-corrected chi connectivity index (χ3v) is 2.78. The number of rotatable bonds is 2. The molecular formula is C10H16N4O2. The van der Waals surface area contributed by atoms with E-state index in [-0.39, 0.29) is 11.8 Å². The normalized spacial score (nSPS) is 22.2. The fourth-order valence-electron chi connectivity index (χ4n) is 1.85. The van der Waals surface area contributed by atoms with Crippen LogP contribution in [0.15, 0.2) is 5.10 Å². The lowest BCUT2D eigenvalue weighted by molar-refractivity contribution is -0.121. The number of hydrazine groups is 1. The second kappa shape index (κ2) is 5.07. The fourth-order valence-corrected chi connectivity index (χ4v) is 1.85. The molecule has 0 unspecified atom stereocenters. The van der Waals surface area contributed by atoms with Crippen LogP contribution in [-0.4, -0.2) is 35.6 Å². The molecule has 1 saturated heterocycles. The maximum absolute atomic E-state index is 11.7. The molecule has 2 aliphatic heterocycles. The highest BCUT2D eigenvalue weighted by Gasteiger charge is 2.20. The van der Waals surface area contributed by atoms with E-state index in [0.717, 1.165) is 25.9 Å². The fraction of sp³-hybridized carbons (Fsp3) is 0.700. The molecule has 0 atom stereocenters. The second-order valence-electron chi connectivity index (χ2n) is 4.08. The van der Waals surface area contributed by atoms with Crippen LogP contribution in [0, 0.1) is 0 Å². The Hall–Kier alpha value is -1.43. The summed E-state index contributed by atoms with van der Waals surface area (Å²) >= 11 is 0. The van der Waals surface area contributed by atoms with Crippen LogP contribution in [0.25, 0.3) is 0 Å². The molecule has 1 fully saturated rings. The number of nitrogens with one attached hydrogen (secondary N) is 2. The van der Waals surface area contributed by atoms with Gasteiger partial charge in [0.1, 0.15) is 5.71 Å². The van der Waals surface area contributed by atoms with Crippen molar-refractivity contribution >= 4 is 17.5 Å². The van der Waals surface area contributed by atoms with Crippen LogP contribution in [0.2, 0.25) is 0 Å². The Morgan fingerprint density at radius 2 is 2.00 bits per heavy atom. The topological polar surface area (TPSA) is 73.8 Å². The van der Waals surface area contributed by atoms with Crippen LogP contribution < -0.4 is 10.9 Å². The number of hydrazone groups is 1. The Balaban J connectivity index is 1.85. The number of hydrogen-bond acceptors (Lipinski definition) is 4. The van der Waals surface area contributed by atoms with Crippen LogP contribution in [0.3, 0.4) is 0 Å². The molecule has 2 N–H and O–H groups in total. The predicted octanol–water partition coefficient (Wildman–Crippen LogP) is -0.230. The lowest BCUT2D eigenvalue weighted by Gasteiger charge is -2.27. The Morgan fingerprint density at radius 1 is 1.25 bits per heavy atom. The summed E-state index contributed by atoms with van der Waals surface area (Å²) in [7, 11) is 0. The van der Waals surface area contributed by atoms with Crippen LogP contribution in [-0.2, 0) is 9.59 Å². The van der Waals surface area contributed by atoms with Gasteiger partial charge < -0.3 is 0 Å². The van der Waals surface area contributed by atoms with Gasteiger partial charge in [-0.25, -0.2) is 10.4 Å². The molecule has 0 radical (unpaired) electrons. The van der Waals surface area contributed by atoms with Gasteiger partial charge in [0, 0.05) is 25.9 Å². The molecule has 0 aromatic heterocycles. The predicted molar refractivity (Wildman–Crippen MR) is 58.4 cm³/mol. The first-order chi connectivity index (χ1) is 7.75. The minimum Gasteiger partial charge on any atom is -0.284 e. The minimum absolute atomic E-state index is 0.130. The molecular weight excluding hydrogens is 208 g/mol. The van der Waals surface area contributed by atoms with E-state index in [4.69, 9.17) is 0 Å². The van der Waals surface area contributed by atoms with Gasteiger partial charge in [-0.05, 0) is 12.8 Å². The molecule has 16 heavy (non-hydrogen) atoms.